The number of aromatic amines is 1. The molecule has 102 valence electrons. The van der Waals surface area contributed by atoms with Crippen LogP contribution < -0.4 is 4.90 Å². The topological polar surface area (TPSA) is 65.0 Å². The van der Waals surface area contributed by atoms with E-state index < -0.39 is 5.82 Å². The normalized spacial score (nSPS) is 10.9. The minimum atomic E-state index is -0.531. The second kappa shape index (κ2) is 4.48. The van der Waals surface area contributed by atoms with Crippen LogP contribution >= 0.6 is 0 Å². The zero-order valence-electron chi connectivity index (χ0n) is 11.1. The number of aromatic nitrogens is 3. The van der Waals surface area contributed by atoms with Crippen LogP contribution in [0, 0.1) is 5.82 Å². The van der Waals surface area contributed by atoms with E-state index in [2.05, 4.69) is 15.0 Å². The average Bonchev–Trinajstić information content (AvgIpc) is 2.80. The number of phenolic OH excluding ortho intramolecular Hbond substituents is 1. The molecule has 0 radical (unpaired) electrons. The molecule has 0 aliphatic carbocycles. The van der Waals surface area contributed by atoms with Crippen LogP contribution in [0.1, 0.15) is 0 Å². The Hall–Kier alpha value is -2.63. The first-order valence-electron chi connectivity index (χ1n) is 6.07. The van der Waals surface area contributed by atoms with Gasteiger partial charge in [0.1, 0.15) is 23.2 Å². The van der Waals surface area contributed by atoms with E-state index >= 15 is 0 Å². The number of H-pyrrole nitrogens is 1. The number of hydrogen-bond donors (Lipinski definition) is 2. The molecule has 0 aliphatic heterocycles. The molecule has 3 aromatic rings. The lowest BCUT2D eigenvalue weighted by Gasteiger charge is -2.09. The van der Waals surface area contributed by atoms with E-state index in [9.17, 15) is 9.50 Å². The minimum Gasteiger partial charge on any atom is -0.508 e. The highest BCUT2D eigenvalue weighted by Gasteiger charge is 2.12. The van der Waals surface area contributed by atoms with E-state index in [4.69, 9.17) is 0 Å². The molecular formula is C14H13FN4O. The second-order valence-corrected chi connectivity index (χ2v) is 4.68. The van der Waals surface area contributed by atoms with Crippen LogP contribution in [0.25, 0.3) is 22.6 Å². The summed E-state index contributed by atoms with van der Waals surface area (Å²) in [6.07, 6.45) is 0. The molecule has 0 saturated carbocycles. The zero-order chi connectivity index (χ0) is 14.3. The number of rotatable bonds is 2. The molecule has 5 nitrogen and oxygen atoms in total. The highest BCUT2D eigenvalue weighted by molar-refractivity contribution is 5.77. The van der Waals surface area contributed by atoms with E-state index in [1.54, 1.807) is 0 Å². The predicted octanol–water partition coefficient (Wildman–Crippen LogP) is 2.54. The van der Waals surface area contributed by atoms with Gasteiger partial charge in [-0.2, -0.15) is 0 Å². The fraction of sp³-hybridized carbons (Fsp3) is 0.143. The molecule has 6 heteroatoms. The van der Waals surface area contributed by atoms with Gasteiger partial charge in [0.25, 0.3) is 0 Å². The summed E-state index contributed by atoms with van der Waals surface area (Å²) in [5, 5.41) is 9.23. The van der Waals surface area contributed by atoms with Crippen molar-refractivity contribution in [3.63, 3.8) is 0 Å². The third-order valence-electron chi connectivity index (χ3n) is 3.00. The number of hydrogen-bond acceptors (Lipinski definition) is 4. The van der Waals surface area contributed by atoms with Crippen LogP contribution in [-0.4, -0.2) is 34.2 Å². The van der Waals surface area contributed by atoms with Crippen molar-refractivity contribution >= 4 is 17.0 Å². The van der Waals surface area contributed by atoms with E-state index in [0.717, 1.165) is 17.4 Å². The summed E-state index contributed by atoms with van der Waals surface area (Å²) in [6.45, 7) is 0. The first-order valence-corrected chi connectivity index (χ1v) is 6.07. The van der Waals surface area contributed by atoms with Crippen molar-refractivity contribution in [3.05, 3.63) is 36.1 Å². The number of phenols is 1. The van der Waals surface area contributed by atoms with Gasteiger partial charge in [0, 0.05) is 20.2 Å². The Bertz CT molecular complexity index is 782. The van der Waals surface area contributed by atoms with Crippen molar-refractivity contribution in [2.45, 2.75) is 0 Å². The highest BCUT2D eigenvalue weighted by atomic mass is 19.1. The highest BCUT2D eigenvalue weighted by Crippen LogP contribution is 2.25. The quantitative estimate of drug-likeness (QED) is 0.752. The lowest BCUT2D eigenvalue weighted by molar-refractivity contribution is 0.469. The van der Waals surface area contributed by atoms with Crippen LogP contribution in [0.3, 0.4) is 0 Å². The van der Waals surface area contributed by atoms with E-state index in [1.165, 1.54) is 12.1 Å². The van der Waals surface area contributed by atoms with Crippen molar-refractivity contribution in [1.29, 1.82) is 0 Å². The second-order valence-electron chi connectivity index (χ2n) is 4.68. The number of anilines is 1. The van der Waals surface area contributed by atoms with Gasteiger partial charge >= 0.3 is 0 Å². The van der Waals surface area contributed by atoms with Crippen molar-refractivity contribution in [2.24, 2.45) is 0 Å². The molecule has 2 heterocycles. The first-order chi connectivity index (χ1) is 9.54. The SMILES string of the molecule is CN(C)c1ccc2[nH]c(-c3ccc(O)cc3F)nc2n1. The number of nitrogens with one attached hydrogen (secondary N) is 1. The monoisotopic (exact) mass is 272 g/mol. The Kier molecular flexibility index (Phi) is 2.78. The van der Waals surface area contributed by atoms with Gasteiger partial charge in [-0.25, -0.2) is 14.4 Å². The molecule has 0 amide bonds. The number of pyridine rings is 1. The summed E-state index contributed by atoms with van der Waals surface area (Å²) >= 11 is 0. The Labute approximate surface area is 114 Å². The molecule has 0 atom stereocenters. The summed E-state index contributed by atoms with van der Waals surface area (Å²) in [7, 11) is 3.78. The maximum Gasteiger partial charge on any atom is 0.180 e. The number of imidazole rings is 1. The summed E-state index contributed by atoms with van der Waals surface area (Å²) < 4.78 is 13.8. The van der Waals surface area contributed by atoms with Crippen LogP contribution in [0.4, 0.5) is 10.2 Å². The molecule has 20 heavy (non-hydrogen) atoms. The molecule has 0 saturated heterocycles. The fourth-order valence-electron chi connectivity index (χ4n) is 1.96. The molecule has 1 aromatic carbocycles. The van der Waals surface area contributed by atoms with Crippen molar-refractivity contribution < 1.29 is 9.50 Å². The molecule has 0 bridgehead atoms. The van der Waals surface area contributed by atoms with Gasteiger partial charge in [-0.3, -0.25) is 0 Å². The van der Waals surface area contributed by atoms with Crippen LogP contribution in [-0.2, 0) is 0 Å². The summed E-state index contributed by atoms with van der Waals surface area (Å²) in [4.78, 5) is 13.6. The predicted molar refractivity (Wildman–Crippen MR) is 75.3 cm³/mol. The third-order valence-corrected chi connectivity index (χ3v) is 3.00. The molecule has 3 rings (SSSR count). The Balaban J connectivity index is 2.13. The van der Waals surface area contributed by atoms with Gasteiger partial charge in [0.2, 0.25) is 0 Å². The largest absolute Gasteiger partial charge is 0.508 e. The molecule has 0 fully saturated rings. The summed E-state index contributed by atoms with van der Waals surface area (Å²) in [5.41, 5.74) is 1.56. The van der Waals surface area contributed by atoms with Gasteiger partial charge in [-0.15, -0.1) is 0 Å². The maximum atomic E-state index is 13.8. The molecule has 0 aliphatic rings. The van der Waals surface area contributed by atoms with Crippen molar-refractivity contribution in [1.82, 2.24) is 15.0 Å². The van der Waals surface area contributed by atoms with Gasteiger partial charge in [-0.1, -0.05) is 0 Å². The standard InChI is InChI=1S/C14H13FN4O/c1-19(2)12-6-5-11-14(17-12)18-13(16-11)9-4-3-8(20)7-10(9)15/h3-7,20H,1-2H3,(H,16,17,18). The summed E-state index contributed by atoms with van der Waals surface area (Å²) in [5.74, 6) is 0.523. The Morgan fingerprint density at radius 1 is 1.15 bits per heavy atom. The van der Waals surface area contributed by atoms with Gasteiger partial charge in [-0.05, 0) is 24.3 Å². The maximum absolute atomic E-state index is 13.8. The molecule has 0 spiro atoms. The zero-order valence-corrected chi connectivity index (χ0v) is 11.1. The number of halogens is 1. The molecule has 2 N–H and O–H groups in total. The summed E-state index contributed by atoms with van der Waals surface area (Å²) in [6, 6.07) is 7.67. The van der Waals surface area contributed by atoms with E-state index in [0.29, 0.717) is 17.0 Å². The first kappa shape index (κ1) is 12.4. The molecule has 0 unspecified atom stereocenters. The van der Waals surface area contributed by atoms with Gasteiger partial charge in [0.15, 0.2) is 5.65 Å². The lowest BCUT2D eigenvalue weighted by Crippen LogP contribution is -2.10. The number of nitrogens with zero attached hydrogens (tertiary/aromatic N) is 3. The van der Waals surface area contributed by atoms with Gasteiger partial charge < -0.3 is 15.0 Å². The smallest absolute Gasteiger partial charge is 0.180 e. The van der Waals surface area contributed by atoms with Crippen molar-refractivity contribution in [3.8, 4) is 17.1 Å². The van der Waals surface area contributed by atoms with E-state index in [-0.39, 0.29) is 5.75 Å². The fourth-order valence-corrected chi connectivity index (χ4v) is 1.96. The third kappa shape index (κ3) is 2.05. The van der Waals surface area contributed by atoms with Crippen LogP contribution in [0.2, 0.25) is 0 Å². The number of aromatic hydroxyl groups is 1. The lowest BCUT2D eigenvalue weighted by atomic mass is 10.2. The van der Waals surface area contributed by atoms with Crippen molar-refractivity contribution in [2.75, 3.05) is 19.0 Å². The number of fused-ring (bicyclic) bond motifs is 1. The minimum absolute atomic E-state index is 0.115. The Morgan fingerprint density at radius 2 is 1.95 bits per heavy atom. The molecule has 2 aromatic heterocycles. The average molecular weight is 272 g/mol. The van der Waals surface area contributed by atoms with E-state index in [1.807, 2.05) is 31.1 Å². The van der Waals surface area contributed by atoms with Crippen LogP contribution in [0.5, 0.6) is 5.75 Å². The van der Waals surface area contributed by atoms with Crippen LogP contribution in [0.15, 0.2) is 30.3 Å². The van der Waals surface area contributed by atoms with Gasteiger partial charge in [0.05, 0.1) is 11.1 Å². The Morgan fingerprint density at radius 3 is 2.65 bits per heavy atom. The number of benzene rings is 1. The molecular weight excluding hydrogens is 259 g/mol.